The molecule has 0 radical (unpaired) electrons. The lowest BCUT2D eigenvalue weighted by molar-refractivity contribution is 0.443. The zero-order valence-electron chi connectivity index (χ0n) is 20.6. The van der Waals surface area contributed by atoms with Crippen LogP contribution in [0.1, 0.15) is 62.6 Å². The zero-order chi connectivity index (χ0) is 25.6. The molecule has 5 rings (SSSR count). The van der Waals surface area contributed by atoms with Crippen LogP contribution in [0, 0.1) is 24.2 Å². The highest BCUT2D eigenvalue weighted by atomic mass is 35.5. The number of pyridine rings is 2. The summed E-state index contributed by atoms with van der Waals surface area (Å²) in [6, 6.07) is 7.67. The van der Waals surface area contributed by atoms with E-state index in [0.29, 0.717) is 27.5 Å². The molecule has 3 heterocycles. The van der Waals surface area contributed by atoms with Crippen LogP contribution in [0.4, 0.5) is 20.2 Å². The number of anilines is 2. The van der Waals surface area contributed by atoms with Crippen molar-refractivity contribution >= 4 is 33.9 Å². The molecule has 1 fully saturated rings. The second kappa shape index (κ2) is 9.28. The molecule has 1 aliphatic carbocycles. The van der Waals surface area contributed by atoms with Crippen molar-refractivity contribution in [3.8, 4) is 0 Å². The molecule has 1 aliphatic rings. The Morgan fingerprint density at radius 2 is 1.94 bits per heavy atom. The van der Waals surface area contributed by atoms with Gasteiger partial charge in [0.05, 0.1) is 16.6 Å². The summed E-state index contributed by atoms with van der Waals surface area (Å²) >= 11 is 6.64. The Labute approximate surface area is 213 Å². The second-order valence-corrected chi connectivity index (χ2v) is 10.9. The van der Waals surface area contributed by atoms with Gasteiger partial charge in [0, 0.05) is 40.8 Å². The number of fused-ring (bicyclic) bond motifs is 1. The van der Waals surface area contributed by atoms with E-state index in [0.717, 1.165) is 30.5 Å². The summed E-state index contributed by atoms with van der Waals surface area (Å²) in [6.07, 6.45) is 3.45. The number of nitrogens with zero attached hydrogens (tertiary/aromatic N) is 5. The van der Waals surface area contributed by atoms with E-state index in [1.165, 1.54) is 10.7 Å². The number of rotatable bonds is 7. The SMILES string of the molecule is Cc1nc(F)ccc1[C@H](Nc1cc(Cl)c2nccc(NCC(C)(C)C)c2c1)c1nnn(C2CC2)c1F. The minimum Gasteiger partial charge on any atom is -0.384 e. The lowest BCUT2D eigenvalue weighted by Gasteiger charge is -2.22. The van der Waals surface area contributed by atoms with E-state index in [4.69, 9.17) is 11.6 Å². The molecule has 10 heteroatoms. The number of hydrogen-bond acceptors (Lipinski definition) is 6. The van der Waals surface area contributed by atoms with E-state index >= 15 is 4.39 Å². The molecular formula is C26H28ClF2N7. The number of halogens is 3. The van der Waals surface area contributed by atoms with Crippen LogP contribution < -0.4 is 10.6 Å². The van der Waals surface area contributed by atoms with E-state index in [9.17, 15) is 4.39 Å². The van der Waals surface area contributed by atoms with E-state index in [1.54, 1.807) is 25.3 Å². The molecule has 1 aromatic carbocycles. The lowest BCUT2D eigenvalue weighted by atomic mass is 9.97. The van der Waals surface area contributed by atoms with Crippen LogP contribution in [0.25, 0.3) is 10.9 Å². The van der Waals surface area contributed by atoms with E-state index in [1.807, 2.05) is 12.1 Å². The van der Waals surface area contributed by atoms with Crippen LogP contribution in [-0.2, 0) is 0 Å². The highest BCUT2D eigenvalue weighted by Gasteiger charge is 2.33. The molecule has 0 aliphatic heterocycles. The molecule has 7 nitrogen and oxygen atoms in total. The third-order valence-electron chi connectivity index (χ3n) is 6.15. The van der Waals surface area contributed by atoms with Crippen LogP contribution in [-0.4, -0.2) is 31.5 Å². The quantitative estimate of drug-likeness (QED) is 0.277. The van der Waals surface area contributed by atoms with Crippen molar-refractivity contribution in [1.82, 2.24) is 25.0 Å². The fourth-order valence-corrected chi connectivity index (χ4v) is 4.41. The van der Waals surface area contributed by atoms with Gasteiger partial charge in [-0.2, -0.15) is 8.78 Å². The van der Waals surface area contributed by atoms with Gasteiger partial charge in [0.25, 0.3) is 0 Å². The molecule has 0 unspecified atom stereocenters. The van der Waals surface area contributed by atoms with Crippen molar-refractivity contribution < 1.29 is 8.78 Å². The van der Waals surface area contributed by atoms with Crippen LogP contribution in [0.15, 0.2) is 36.5 Å². The largest absolute Gasteiger partial charge is 0.384 e. The molecule has 2 N–H and O–H groups in total. The summed E-state index contributed by atoms with van der Waals surface area (Å²) < 4.78 is 30.6. The fourth-order valence-electron chi connectivity index (χ4n) is 4.14. The predicted molar refractivity (Wildman–Crippen MR) is 137 cm³/mol. The van der Waals surface area contributed by atoms with Gasteiger partial charge in [-0.25, -0.2) is 9.67 Å². The highest BCUT2D eigenvalue weighted by Crippen LogP contribution is 2.38. The number of nitrogens with one attached hydrogen (secondary N) is 2. The van der Waals surface area contributed by atoms with E-state index in [2.05, 4.69) is 51.7 Å². The first-order valence-corrected chi connectivity index (χ1v) is 12.3. The topological polar surface area (TPSA) is 80.6 Å². The van der Waals surface area contributed by atoms with Crippen LogP contribution in [0.2, 0.25) is 5.02 Å². The smallest absolute Gasteiger partial charge is 0.237 e. The summed E-state index contributed by atoms with van der Waals surface area (Å²) in [4.78, 5) is 8.40. The zero-order valence-corrected chi connectivity index (χ0v) is 21.4. The number of hydrogen-bond donors (Lipinski definition) is 2. The minimum atomic E-state index is -0.762. The van der Waals surface area contributed by atoms with E-state index < -0.39 is 17.9 Å². The fraction of sp³-hybridized carbons (Fsp3) is 0.385. The molecule has 0 spiro atoms. The lowest BCUT2D eigenvalue weighted by Crippen LogP contribution is -2.19. The predicted octanol–water partition coefficient (Wildman–Crippen LogP) is 6.46. The van der Waals surface area contributed by atoms with Gasteiger partial charge < -0.3 is 10.6 Å². The Hall–Kier alpha value is -3.33. The molecular weight excluding hydrogens is 484 g/mol. The minimum absolute atomic E-state index is 0.0250. The molecule has 188 valence electrons. The van der Waals surface area contributed by atoms with Crippen molar-refractivity contribution in [2.75, 3.05) is 17.2 Å². The normalized spacial score (nSPS) is 14.8. The van der Waals surface area contributed by atoms with Gasteiger partial charge in [-0.1, -0.05) is 43.7 Å². The summed E-state index contributed by atoms with van der Waals surface area (Å²) in [5.41, 5.74) is 3.38. The number of aromatic nitrogens is 5. The summed E-state index contributed by atoms with van der Waals surface area (Å²) in [5.74, 6) is -1.12. The monoisotopic (exact) mass is 511 g/mol. The molecule has 0 saturated heterocycles. The van der Waals surface area contributed by atoms with Crippen LogP contribution >= 0.6 is 11.6 Å². The Bertz CT molecular complexity index is 1430. The Balaban J connectivity index is 1.58. The van der Waals surface area contributed by atoms with Gasteiger partial charge in [-0.15, -0.1) is 5.10 Å². The summed E-state index contributed by atoms with van der Waals surface area (Å²) in [6.45, 7) is 8.88. The third kappa shape index (κ3) is 4.97. The Morgan fingerprint density at radius 3 is 2.64 bits per heavy atom. The first-order valence-electron chi connectivity index (χ1n) is 11.9. The summed E-state index contributed by atoms with van der Waals surface area (Å²) in [7, 11) is 0. The average Bonchev–Trinajstić information content (AvgIpc) is 3.58. The van der Waals surface area contributed by atoms with Crippen LogP contribution in [0.5, 0.6) is 0 Å². The molecule has 4 aromatic rings. The molecule has 0 bridgehead atoms. The average molecular weight is 512 g/mol. The van der Waals surface area contributed by atoms with Crippen molar-refractivity contribution in [2.45, 2.75) is 52.6 Å². The van der Waals surface area contributed by atoms with Gasteiger partial charge in [0.2, 0.25) is 11.9 Å². The number of benzene rings is 1. The Morgan fingerprint density at radius 1 is 1.17 bits per heavy atom. The Kier molecular flexibility index (Phi) is 6.28. The molecule has 0 amide bonds. The number of aryl methyl sites for hydroxylation is 1. The second-order valence-electron chi connectivity index (χ2n) is 10.5. The van der Waals surface area contributed by atoms with E-state index in [-0.39, 0.29) is 17.2 Å². The first-order chi connectivity index (χ1) is 17.1. The maximum absolute atomic E-state index is 15.4. The van der Waals surface area contributed by atoms with Crippen molar-refractivity contribution in [3.05, 3.63) is 70.4 Å². The van der Waals surface area contributed by atoms with Crippen molar-refractivity contribution in [3.63, 3.8) is 0 Å². The maximum atomic E-state index is 15.4. The first kappa shape index (κ1) is 24.4. The molecule has 3 aromatic heterocycles. The third-order valence-corrected chi connectivity index (χ3v) is 6.44. The van der Waals surface area contributed by atoms with Gasteiger partial charge >= 0.3 is 0 Å². The van der Waals surface area contributed by atoms with Gasteiger partial charge in [0.15, 0.2) is 0 Å². The van der Waals surface area contributed by atoms with Crippen molar-refractivity contribution in [1.29, 1.82) is 0 Å². The molecule has 1 saturated carbocycles. The highest BCUT2D eigenvalue weighted by molar-refractivity contribution is 6.35. The van der Waals surface area contributed by atoms with Gasteiger partial charge in [-0.3, -0.25) is 4.98 Å². The van der Waals surface area contributed by atoms with Crippen molar-refractivity contribution in [2.24, 2.45) is 5.41 Å². The van der Waals surface area contributed by atoms with Crippen LogP contribution in [0.3, 0.4) is 0 Å². The standard InChI is InChI=1S/C26H28ClF2N7/c1-14-17(7-8-21(28)32-14)23(24-25(29)36(35-34-24)16-5-6-16)33-15-11-18-20(31-13-26(2,3)4)9-10-30-22(18)19(27)12-15/h7-12,16,23,33H,5-6,13H2,1-4H3,(H,30,31)/t23-/m0/s1. The summed E-state index contributed by atoms with van der Waals surface area (Å²) in [5, 5.41) is 16.3. The maximum Gasteiger partial charge on any atom is 0.237 e. The van der Waals surface area contributed by atoms with Gasteiger partial charge in [0.1, 0.15) is 11.7 Å². The molecule has 1 atom stereocenters. The molecule has 36 heavy (non-hydrogen) atoms. The van der Waals surface area contributed by atoms with Gasteiger partial charge in [-0.05, 0) is 49.4 Å².